The number of nitrogens with two attached hydrogens (primary N) is 1. The zero-order valence-corrected chi connectivity index (χ0v) is 18.3. The molecule has 0 fully saturated rings. The fraction of sp³-hybridized carbons (Fsp3) is 0.107. The predicted molar refractivity (Wildman–Crippen MR) is 128 cm³/mol. The minimum absolute atomic E-state index is 0.332. The molecule has 1 atom stereocenters. The second-order valence-corrected chi connectivity index (χ2v) is 8.52. The van der Waals surface area contributed by atoms with Crippen LogP contribution in [0.25, 0.3) is 0 Å². The zero-order chi connectivity index (χ0) is 22.7. The maximum atomic E-state index is 12.9. The van der Waals surface area contributed by atoms with Crippen molar-refractivity contribution in [2.24, 2.45) is 0 Å². The molecule has 1 unspecified atom stereocenters. The Hall–Kier alpha value is -4.25. The largest absolute Gasteiger partial charge is 0.456 e. The average Bonchev–Trinajstić information content (AvgIpc) is 3.12. The first-order chi connectivity index (χ1) is 16.0. The molecule has 4 aromatic carbocycles. The van der Waals surface area contributed by atoms with Gasteiger partial charge in [-0.1, -0.05) is 42.5 Å². The molecule has 0 radical (unpaired) electrons. The maximum absolute atomic E-state index is 12.9. The monoisotopic (exact) mass is 434 g/mol. The fourth-order valence-electron chi connectivity index (χ4n) is 4.94. The lowest BCUT2D eigenvalue weighted by Crippen LogP contribution is -2.33. The van der Waals surface area contributed by atoms with Crippen molar-refractivity contribution in [3.05, 3.63) is 113 Å². The van der Waals surface area contributed by atoms with E-state index in [9.17, 15) is 4.79 Å². The number of anilines is 3. The molecule has 5 heteroatoms. The number of ether oxygens (including phenoxy) is 2. The van der Waals surface area contributed by atoms with Gasteiger partial charge in [0.1, 0.15) is 11.5 Å². The van der Waals surface area contributed by atoms with Gasteiger partial charge in [-0.15, -0.1) is 0 Å². The number of carbonyl (C=O) groups is 1. The summed E-state index contributed by atoms with van der Waals surface area (Å²) < 4.78 is 12.5. The Labute approximate surface area is 192 Å². The fourth-order valence-corrected chi connectivity index (χ4v) is 4.94. The molecule has 162 valence electrons. The van der Waals surface area contributed by atoms with Gasteiger partial charge in [-0.2, -0.15) is 0 Å². The highest BCUT2D eigenvalue weighted by molar-refractivity contribution is 5.97. The van der Waals surface area contributed by atoms with Crippen molar-refractivity contribution in [2.75, 3.05) is 17.7 Å². The molecular formula is C28H22N2O3. The molecule has 1 spiro atoms. The number of hydrogen-bond donors (Lipinski definition) is 1. The number of esters is 1. The van der Waals surface area contributed by atoms with Gasteiger partial charge in [-0.05, 0) is 48.9 Å². The summed E-state index contributed by atoms with van der Waals surface area (Å²) in [4.78, 5) is 14.9. The van der Waals surface area contributed by atoms with Crippen LogP contribution >= 0.6 is 0 Å². The Morgan fingerprint density at radius 1 is 0.818 bits per heavy atom. The molecule has 4 aromatic rings. The Kier molecular flexibility index (Phi) is 4.05. The molecule has 2 aliphatic rings. The highest BCUT2D eigenvalue weighted by Gasteiger charge is 2.53. The first-order valence-electron chi connectivity index (χ1n) is 10.8. The Morgan fingerprint density at radius 2 is 1.55 bits per heavy atom. The molecule has 2 heterocycles. The number of rotatable bonds is 2. The van der Waals surface area contributed by atoms with E-state index < -0.39 is 5.60 Å². The van der Waals surface area contributed by atoms with E-state index in [-0.39, 0.29) is 5.97 Å². The molecule has 0 aliphatic carbocycles. The number of nitrogens with zero attached hydrogens (tertiary/aromatic N) is 1. The summed E-state index contributed by atoms with van der Waals surface area (Å²) in [5.74, 6) is 0.985. The lowest BCUT2D eigenvalue weighted by atomic mass is 9.77. The molecule has 0 saturated carbocycles. The molecule has 0 amide bonds. The van der Waals surface area contributed by atoms with Crippen LogP contribution in [0.4, 0.5) is 17.1 Å². The van der Waals surface area contributed by atoms with E-state index in [1.165, 1.54) is 0 Å². The van der Waals surface area contributed by atoms with E-state index >= 15 is 0 Å². The number of benzene rings is 4. The number of hydrogen-bond acceptors (Lipinski definition) is 5. The van der Waals surface area contributed by atoms with Crippen LogP contribution in [0, 0.1) is 6.92 Å². The number of para-hydroxylation sites is 1. The van der Waals surface area contributed by atoms with Crippen molar-refractivity contribution >= 4 is 23.0 Å². The van der Waals surface area contributed by atoms with Crippen molar-refractivity contribution in [3.8, 4) is 11.5 Å². The van der Waals surface area contributed by atoms with Gasteiger partial charge in [0.05, 0.1) is 16.9 Å². The average molecular weight is 434 g/mol. The van der Waals surface area contributed by atoms with E-state index in [0.29, 0.717) is 22.7 Å². The molecule has 2 aliphatic heterocycles. The summed E-state index contributed by atoms with van der Waals surface area (Å²) in [7, 11) is 1.97. The Morgan fingerprint density at radius 3 is 2.36 bits per heavy atom. The smallest absolute Gasteiger partial charge is 0.340 e. The first-order valence-corrected chi connectivity index (χ1v) is 10.8. The second kappa shape index (κ2) is 6.87. The minimum atomic E-state index is -1.04. The third-order valence-corrected chi connectivity index (χ3v) is 6.53. The van der Waals surface area contributed by atoms with E-state index in [1.807, 2.05) is 104 Å². The number of carbonyl (C=O) groups excluding carboxylic acids is 1. The van der Waals surface area contributed by atoms with Crippen molar-refractivity contribution in [3.63, 3.8) is 0 Å². The molecule has 33 heavy (non-hydrogen) atoms. The third kappa shape index (κ3) is 2.69. The van der Waals surface area contributed by atoms with Crippen LogP contribution in [0.1, 0.15) is 32.6 Å². The van der Waals surface area contributed by atoms with Crippen LogP contribution in [0.2, 0.25) is 0 Å². The third-order valence-electron chi connectivity index (χ3n) is 6.53. The normalized spacial score (nSPS) is 17.6. The maximum Gasteiger partial charge on any atom is 0.340 e. The van der Waals surface area contributed by atoms with E-state index in [0.717, 1.165) is 33.6 Å². The van der Waals surface area contributed by atoms with Gasteiger partial charge in [0.25, 0.3) is 0 Å². The quantitative estimate of drug-likeness (QED) is 0.314. The first kappa shape index (κ1) is 19.4. The molecule has 6 rings (SSSR count). The highest BCUT2D eigenvalue weighted by atomic mass is 16.6. The van der Waals surface area contributed by atoms with E-state index in [1.54, 1.807) is 0 Å². The topological polar surface area (TPSA) is 64.8 Å². The summed E-state index contributed by atoms with van der Waals surface area (Å²) in [6.07, 6.45) is 0. The van der Waals surface area contributed by atoms with E-state index in [2.05, 4.69) is 0 Å². The van der Waals surface area contributed by atoms with Crippen LogP contribution in [0.15, 0.2) is 84.9 Å². The van der Waals surface area contributed by atoms with Crippen LogP contribution in [0.5, 0.6) is 11.5 Å². The molecule has 0 bridgehead atoms. The summed E-state index contributed by atoms with van der Waals surface area (Å²) in [5, 5.41) is 0. The van der Waals surface area contributed by atoms with Gasteiger partial charge in [-0.25, -0.2) is 4.79 Å². The zero-order valence-electron chi connectivity index (χ0n) is 18.3. The van der Waals surface area contributed by atoms with E-state index in [4.69, 9.17) is 15.2 Å². The van der Waals surface area contributed by atoms with Crippen LogP contribution < -0.4 is 15.4 Å². The lowest BCUT2D eigenvalue weighted by Gasteiger charge is -2.37. The Bertz CT molecular complexity index is 1450. The van der Waals surface area contributed by atoms with Gasteiger partial charge in [0, 0.05) is 35.5 Å². The van der Waals surface area contributed by atoms with Gasteiger partial charge < -0.3 is 20.1 Å². The molecule has 0 saturated heterocycles. The highest BCUT2D eigenvalue weighted by Crippen LogP contribution is 2.56. The van der Waals surface area contributed by atoms with Gasteiger partial charge in [0.15, 0.2) is 5.60 Å². The predicted octanol–water partition coefficient (Wildman–Crippen LogP) is 5.91. The van der Waals surface area contributed by atoms with Crippen molar-refractivity contribution in [1.29, 1.82) is 0 Å². The summed E-state index contributed by atoms with van der Waals surface area (Å²) in [6, 6.07) is 27.3. The number of aryl methyl sites for hydroxylation is 1. The minimum Gasteiger partial charge on any atom is -0.456 e. The second-order valence-electron chi connectivity index (χ2n) is 8.52. The van der Waals surface area contributed by atoms with Gasteiger partial charge in [0.2, 0.25) is 0 Å². The van der Waals surface area contributed by atoms with Crippen LogP contribution in [-0.2, 0) is 10.3 Å². The Balaban J connectivity index is 1.55. The van der Waals surface area contributed by atoms with Crippen molar-refractivity contribution in [2.45, 2.75) is 12.5 Å². The SMILES string of the molecule is Cc1ccc(N(C)c2ccc3c(c2)Oc2ccccc2C32OC(=O)c3ccccc32)c(N)c1. The van der Waals surface area contributed by atoms with Gasteiger partial charge >= 0.3 is 5.97 Å². The van der Waals surface area contributed by atoms with Crippen molar-refractivity contribution in [1.82, 2.24) is 0 Å². The molecule has 0 aromatic heterocycles. The summed E-state index contributed by atoms with van der Waals surface area (Å²) in [5.41, 5.74) is 11.9. The number of nitrogen functional groups attached to an aromatic ring is 1. The number of fused-ring (bicyclic) bond motifs is 6. The molecule has 5 nitrogen and oxygen atoms in total. The van der Waals surface area contributed by atoms with Crippen LogP contribution in [0.3, 0.4) is 0 Å². The van der Waals surface area contributed by atoms with Crippen molar-refractivity contribution < 1.29 is 14.3 Å². The summed E-state index contributed by atoms with van der Waals surface area (Å²) >= 11 is 0. The lowest BCUT2D eigenvalue weighted by molar-refractivity contribution is 0.0224. The molecule has 2 N–H and O–H groups in total. The molecular weight excluding hydrogens is 412 g/mol. The van der Waals surface area contributed by atoms with Crippen LogP contribution in [-0.4, -0.2) is 13.0 Å². The summed E-state index contributed by atoms with van der Waals surface area (Å²) in [6.45, 7) is 2.02. The van der Waals surface area contributed by atoms with Gasteiger partial charge in [-0.3, -0.25) is 0 Å². The standard InChI is InChI=1S/C28H22N2O3/c1-17-11-14-24(23(29)15-17)30(2)18-12-13-22-26(16-18)32-25-10-6-5-9-21(25)28(22)20-8-4-3-7-19(20)27(31)33-28/h3-16H,29H2,1-2H3.